The largest absolute Gasteiger partial charge is 0.396 e. The Morgan fingerprint density at radius 2 is 2.18 bits per heavy atom. The van der Waals surface area contributed by atoms with Crippen molar-refractivity contribution in [3.63, 3.8) is 0 Å². The first kappa shape index (κ1) is 8.97. The first-order valence-electron chi connectivity index (χ1n) is 4.31. The quantitative estimate of drug-likeness (QED) is 0.511. The van der Waals surface area contributed by atoms with Crippen LogP contribution in [-0.4, -0.2) is 36.9 Å². The Bertz CT molecular complexity index is 111. The van der Waals surface area contributed by atoms with Gasteiger partial charge in [0.05, 0.1) is 0 Å². The average Bonchev–Trinajstić information content (AvgIpc) is 2.05. The lowest BCUT2D eigenvalue weighted by atomic mass is 10.0. The summed E-state index contributed by atoms with van der Waals surface area (Å²) in [5.41, 5.74) is 0. The minimum absolute atomic E-state index is 0.272. The zero-order valence-corrected chi connectivity index (χ0v) is 7.30. The van der Waals surface area contributed by atoms with E-state index in [1.54, 1.807) is 0 Å². The molecule has 0 amide bonds. The molecule has 66 valence electrons. The van der Waals surface area contributed by atoms with E-state index in [0.717, 1.165) is 13.1 Å². The molecule has 0 spiro atoms. The topological polar surface area (TPSA) is 44.3 Å². The number of aliphatic hydroxyl groups is 1. The standard InChI is InChI=1S/C8H18N2O/c1-6(5-11)8-4-9-7(2)3-10-8/h6-11H,3-5H2,1-2H3. The lowest BCUT2D eigenvalue weighted by molar-refractivity contribution is 0.184. The predicted octanol–water partition coefficient (Wildman–Crippen LogP) is -0.435. The van der Waals surface area contributed by atoms with Crippen LogP contribution < -0.4 is 10.6 Å². The van der Waals surface area contributed by atoms with Crippen LogP contribution in [0.1, 0.15) is 13.8 Å². The van der Waals surface area contributed by atoms with Crippen molar-refractivity contribution in [1.29, 1.82) is 0 Å². The first-order valence-corrected chi connectivity index (χ1v) is 4.31. The third-order valence-electron chi connectivity index (χ3n) is 2.35. The van der Waals surface area contributed by atoms with Gasteiger partial charge in [0.15, 0.2) is 0 Å². The molecule has 1 aliphatic heterocycles. The van der Waals surface area contributed by atoms with E-state index in [4.69, 9.17) is 5.11 Å². The summed E-state index contributed by atoms with van der Waals surface area (Å²) >= 11 is 0. The lowest BCUT2D eigenvalue weighted by Gasteiger charge is -2.32. The van der Waals surface area contributed by atoms with E-state index in [9.17, 15) is 0 Å². The number of aliphatic hydroxyl groups excluding tert-OH is 1. The van der Waals surface area contributed by atoms with Crippen molar-refractivity contribution >= 4 is 0 Å². The summed E-state index contributed by atoms with van der Waals surface area (Å²) in [6.07, 6.45) is 0. The third kappa shape index (κ3) is 2.43. The Hall–Kier alpha value is -0.120. The summed E-state index contributed by atoms with van der Waals surface area (Å²) in [5, 5.41) is 15.7. The van der Waals surface area contributed by atoms with Crippen LogP contribution in [0.4, 0.5) is 0 Å². The molecule has 3 unspecified atom stereocenters. The molecule has 0 aromatic heterocycles. The predicted molar refractivity (Wildman–Crippen MR) is 45.5 cm³/mol. The highest BCUT2D eigenvalue weighted by atomic mass is 16.3. The van der Waals surface area contributed by atoms with Gasteiger partial charge in [-0.05, 0) is 12.8 Å². The van der Waals surface area contributed by atoms with E-state index in [2.05, 4.69) is 24.5 Å². The van der Waals surface area contributed by atoms with E-state index >= 15 is 0 Å². The summed E-state index contributed by atoms with van der Waals surface area (Å²) in [5.74, 6) is 0.356. The summed E-state index contributed by atoms with van der Waals surface area (Å²) in [7, 11) is 0. The number of nitrogens with one attached hydrogen (secondary N) is 2. The first-order chi connectivity index (χ1) is 5.24. The molecule has 0 aromatic carbocycles. The molecule has 0 radical (unpaired) electrons. The minimum Gasteiger partial charge on any atom is -0.396 e. The third-order valence-corrected chi connectivity index (χ3v) is 2.35. The van der Waals surface area contributed by atoms with Crippen LogP contribution in [-0.2, 0) is 0 Å². The second-order valence-electron chi connectivity index (χ2n) is 3.48. The number of hydrogen-bond donors (Lipinski definition) is 3. The van der Waals surface area contributed by atoms with Crippen LogP contribution in [0.3, 0.4) is 0 Å². The Kier molecular flexibility index (Phi) is 3.30. The SMILES string of the molecule is CC1CNC(C(C)CO)CN1. The highest BCUT2D eigenvalue weighted by Crippen LogP contribution is 2.04. The van der Waals surface area contributed by atoms with E-state index in [1.165, 1.54) is 0 Å². The Labute approximate surface area is 68.2 Å². The molecule has 1 fully saturated rings. The number of hydrogen-bond acceptors (Lipinski definition) is 3. The fourth-order valence-electron chi connectivity index (χ4n) is 1.33. The Balaban J connectivity index is 2.27. The van der Waals surface area contributed by atoms with Gasteiger partial charge >= 0.3 is 0 Å². The maximum atomic E-state index is 8.89. The molecule has 3 nitrogen and oxygen atoms in total. The van der Waals surface area contributed by atoms with E-state index < -0.39 is 0 Å². The Morgan fingerprint density at radius 1 is 1.45 bits per heavy atom. The second kappa shape index (κ2) is 4.04. The van der Waals surface area contributed by atoms with Crippen molar-refractivity contribution in [2.45, 2.75) is 25.9 Å². The average molecular weight is 158 g/mol. The van der Waals surface area contributed by atoms with Crippen molar-refractivity contribution in [2.75, 3.05) is 19.7 Å². The summed E-state index contributed by atoms with van der Waals surface area (Å²) in [4.78, 5) is 0. The van der Waals surface area contributed by atoms with Crippen LogP contribution in [0.25, 0.3) is 0 Å². The van der Waals surface area contributed by atoms with Crippen molar-refractivity contribution in [2.24, 2.45) is 5.92 Å². The van der Waals surface area contributed by atoms with Crippen LogP contribution >= 0.6 is 0 Å². The van der Waals surface area contributed by atoms with Crippen LogP contribution in [0, 0.1) is 5.92 Å². The molecule has 3 N–H and O–H groups in total. The molecule has 0 aliphatic carbocycles. The molecule has 0 saturated carbocycles. The van der Waals surface area contributed by atoms with E-state index in [-0.39, 0.29) is 6.61 Å². The molecule has 1 saturated heterocycles. The molecule has 1 rings (SSSR count). The van der Waals surface area contributed by atoms with Gasteiger partial charge in [0, 0.05) is 31.8 Å². The van der Waals surface area contributed by atoms with Crippen LogP contribution in [0.2, 0.25) is 0 Å². The van der Waals surface area contributed by atoms with Crippen molar-refractivity contribution in [3.8, 4) is 0 Å². The van der Waals surface area contributed by atoms with Gasteiger partial charge in [0.25, 0.3) is 0 Å². The molecule has 1 aliphatic rings. The fourth-order valence-corrected chi connectivity index (χ4v) is 1.33. The molecule has 0 aromatic rings. The molecule has 3 heteroatoms. The maximum absolute atomic E-state index is 8.89. The maximum Gasteiger partial charge on any atom is 0.0471 e. The molecular formula is C8H18N2O. The Morgan fingerprint density at radius 3 is 2.64 bits per heavy atom. The van der Waals surface area contributed by atoms with E-state index in [1.807, 2.05) is 0 Å². The molecule has 0 bridgehead atoms. The minimum atomic E-state index is 0.272. The van der Waals surface area contributed by atoms with Gasteiger partial charge in [-0.3, -0.25) is 0 Å². The summed E-state index contributed by atoms with van der Waals surface area (Å²) in [6, 6.07) is 1.01. The second-order valence-corrected chi connectivity index (χ2v) is 3.48. The molecular weight excluding hydrogens is 140 g/mol. The normalized spacial score (nSPS) is 35.2. The smallest absolute Gasteiger partial charge is 0.0471 e. The molecule has 11 heavy (non-hydrogen) atoms. The number of rotatable bonds is 2. The van der Waals surface area contributed by atoms with Crippen molar-refractivity contribution in [1.82, 2.24) is 10.6 Å². The lowest BCUT2D eigenvalue weighted by Crippen LogP contribution is -2.55. The van der Waals surface area contributed by atoms with Gasteiger partial charge < -0.3 is 15.7 Å². The van der Waals surface area contributed by atoms with Crippen LogP contribution in [0.5, 0.6) is 0 Å². The van der Waals surface area contributed by atoms with Crippen LogP contribution in [0.15, 0.2) is 0 Å². The summed E-state index contributed by atoms with van der Waals surface area (Å²) in [6.45, 7) is 6.48. The van der Waals surface area contributed by atoms with Gasteiger partial charge in [0.2, 0.25) is 0 Å². The van der Waals surface area contributed by atoms with Gasteiger partial charge in [-0.2, -0.15) is 0 Å². The van der Waals surface area contributed by atoms with Gasteiger partial charge in [-0.1, -0.05) is 6.92 Å². The highest BCUT2D eigenvalue weighted by molar-refractivity contribution is 4.83. The zero-order valence-electron chi connectivity index (χ0n) is 7.30. The van der Waals surface area contributed by atoms with Crippen molar-refractivity contribution in [3.05, 3.63) is 0 Å². The summed E-state index contributed by atoms with van der Waals surface area (Å²) < 4.78 is 0. The van der Waals surface area contributed by atoms with Crippen molar-refractivity contribution < 1.29 is 5.11 Å². The number of piperazine rings is 1. The van der Waals surface area contributed by atoms with Gasteiger partial charge in [0.1, 0.15) is 0 Å². The highest BCUT2D eigenvalue weighted by Gasteiger charge is 2.20. The zero-order chi connectivity index (χ0) is 8.27. The molecule has 1 heterocycles. The van der Waals surface area contributed by atoms with Gasteiger partial charge in [-0.25, -0.2) is 0 Å². The van der Waals surface area contributed by atoms with E-state index in [0.29, 0.717) is 18.0 Å². The van der Waals surface area contributed by atoms with Gasteiger partial charge in [-0.15, -0.1) is 0 Å². The monoisotopic (exact) mass is 158 g/mol. The fraction of sp³-hybridized carbons (Fsp3) is 1.00. The molecule has 3 atom stereocenters.